The average Bonchev–Trinajstić information content (AvgIpc) is 2.84. The minimum absolute atomic E-state index is 0.0439. The fraction of sp³-hybridized carbons (Fsp3) is 0.519. The normalized spacial score (nSPS) is 18.7. The molecule has 0 saturated carbocycles. The molecule has 0 aliphatic carbocycles. The first-order valence-electron chi connectivity index (χ1n) is 12.1. The van der Waals surface area contributed by atoms with Crippen molar-refractivity contribution in [3.8, 4) is 11.5 Å². The van der Waals surface area contributed by atoms with Crippen molar-refractivity contribution in [2.24, 2.45) is 0 Å². The molecule has 186 valence electrons. The number of nitrogens with zero attached hydrogens (tertiary/aromatic N) is 2. The van der Waals surface area contributed by atoms with E-state index in [1.807, 2.05) is 35.2 Å². The Balaban J connectivity index is 1.53. The smallest absolute Gasteiger partial charge is 0.260 e. The number of carbonyl (C=O) groups excluding carboxylic acids is 1. The van der Waals surface area contributed by atoms with Crippen LogP contribution in [0, 0.1) is 5.82 Å². The third kappa shape index (κ3) is 7.18. The molecule has 1 aliphatic heterocycles. The molecule has 2 aromatic rings. The largest absolute Gasteiger partial charge is 0.493 e. The molecule has 0 spiro atoms. The number of benzene rings is 2. The molecule has 1 heterocycles. The number of ether oxygens (including phenoxy) is 3. The zero-order valence-corrected chi connectivity index (χ0v) is 20.8. The lowest BCUT2D eigenvalue weighted by Crippen LogP contribution is -2.58. The van der Waals surface area contributed by atoms with Gasteiger partial charge in [0.2, 0.25) is 0 Å². The van der Waals surface area contributed by atoms with Crippen molar-refractivity contribution in [3.63, 3.8) is 0 Å². The zero-order valence-electron chi connectivity index (χ0n) is 20.8. The number of halogens is 1. The molecule has 2 atom stereocenters. The predicted octanol–water partition coefficient (Wildman–Crippen LogP) is 4.65. The van der Waals surface area contributed by atoms with Crippen LogP contribution in [0.3, 0.4) is 0 Å². The molecule has 2 unspecified atom stereocenters. The monoisotopic (exact) mass is 472 g/mol. The van der Waals surface area contributed by atoms with Crippen molar-refractivity contribution in [1.29, 1.82) is 0 Å². The number of methoxy groups -OCH3 is 1. The summed E-state index contributed by atoms with van der Waals surface area (Å²) in [6.45, 7) is 9.61. The maximum Gasteiger partial charge on any atom is 0.260 e. The first-order chi connectivity index (χ1) is 16.4. The third-order valence-corrected chi connectivity index (χ3v) is 6.22. The van der Waals surface area contributed by atoms with Gasteiger partial charge in [-0.15, -0.1) is 0 Å². The lowest BCUT2D eigenvalue weighted by atomic mass is 10.1. The van der Waals surface area contributed by atoms with Gasteiger partial charge in [-0.25, -0.2) is 4.39 Å². The van der Waals surface area contributed by atoms with Crippen LogP contribution < -0.4 is 9.47 Å². The van der Waals surface area contributed by atoms with Crippen LogP contribution in [0.4, 0.5) is 4.39 Å². The van der Waals surface area contributed by atoms with E-state index < -0.39 is 0 Å². The summed E-state index contributed by atoms with van der Waals surface area (Å²) in [7, 11) is 1.59. The average molecular weight is 473 g/mol. The number of unbranched alkanes of at least 4 members (excludes halogenated alkanes) is 1. The second-order valence-electron chi connectivity index (χ2n) is 8.98. The highest BCUT2D eigenvalue weighted by molar-refractivity contribution is 5.78. The number of carbonyl (C=O) groups is 1. The van der Waals surface area contributed by atoms with E-state index in [9.17, 15) is 9.18 Å². The SMILES string of the molecule is CCCCOCc1ccc(OCC(=O)N2CC(C)N(Cc3ccc(F)cc3)CC2C)c(OC)c1. The molecule has 7 heteroatoms. The molecule has 0 aromatic heterocycles. The summed E-state index contributed by atoms with van der Waals surface area (Å²) in [5.74, 6) is 0.862. The molecular formula is C27H37FN2O4. The Labute approximate surface area is 202 Å². The molecule has 3 rings (SSSR count). The highest BCUT2D eigenvalue weighted by atomic mass is 19.1. The minimum Gasteiger partial charge on any atom is -0.493 e. The Kier molecular flexibility index (Phi) is 9.72. The van der Waals surface area contributed by atoms with Crippen LogP contribution in [0.1, 0.15) is 44.7 Å². The Morgan fingerprint density at radius 3 is 2.47 bits per heavy atom. The summed E-state index contributed by atoms with van der Waals surface area (Å²) in [6.07, 6.45) is 2.14. The molecule has 1 aliphatic rings. The van der Waals surface area contributed by atoms with Crippen molar-refractivity contribution < 1.29 is 23.4 Å². The molecule has 1 amide bonds. The van der Waals surface area contributed by atoms with E-state index in [-0.39, 0.29) is 30.4 Å². The van der Waals surface area contributed by atoms with Crippen molar-refractivity contribution in [2.45, 2.75) is 58.8 Å². The molecule has 6 nitrogen and oxygen atoms in total. The number of rotatable bonds is 11. The van der Waals surface area contributed by atoms with Gasteiger partial charge in [-0.05, 0) is 55.7 Å². The standard InChI is InChI=1S/C27H37FN2O4/c1-5-6-13-33-18-23-9-12-25(26(14-23)32-4)34-19-27(31)30-16-20(2)29(15-21(30)3)17-22-7-10-24(28)11-8-22/h7-12,14,20-21H,5-6,13,15-19H2,1-4H3. The lowest BCUT2D eigenvalue weighted by molar-refractivity contribution is -0.139. The highest BCUT2D eigenvalue weighted by Gasteiger charge is 2.32. The molecule has 0 bridgehead atoms. The van der Waals surface area contributed by atoms with E-state index in [1.165, 1.54) is 12.1 Å². The zero-order chi connectivity index (χ0) is 24.5. The Hall–Kier alpha value is -2.64. The van der Waals surface area contributed by atoms with Crippen LogP contribution in [-0.4, -0.2) is 61.2 Å². The number of amides is 1. The topological polar surface area (TPSA) is 51.2 Å². The van der Waals surface area contributed by atoms with Crippen molar-refractivity contribution in [1.82, 2.24) is 9.80 Å². The minimum atomic E-state index is -0.229. The first kappa shape index (κ1) is 26.0. The van der Waals surface area contributed by atoms with Crippen molar-refractivity contribution in [2.75, 3.05) is 33.4 Å². The Morgan fingerprint density at radius 2 is 1.76 bits per heavy atom. The summed E-state index contributed by atoms with van der Waals surface area (Å²) in [5.41, 5.74) is 2.07. The third-order valence-electron chi connectivity index (χ3n) is 6.22. The van der Waals surface area contributed by atoms with Gasteiger partial charge in [0.1, 0.15) is 5.82 Å². The van der Waals surface area contributed by atoms with Crippen LogP contribution in [0.15, 0.2) is 42.5 Å². The molecular weight excluding hydrogens is 435 g/mol. The van der Waals surface area contributed by atoms with Crippen LogP contribution in [-0.2, 0) is 22.7 Å². The lowest BCUT2D eigenvalue weighted by Gasteiger charge is -2.44. The summed E-state index contributed by atoms with van der Waals surface area (Å²) in [4.78, 5) is 17.2. The molecule has 34 heavy (non-hydrogen) atoms. The molecule has 1 fully saturated rings. The maximum absolute atomic E-state index is 13.2. The van der Waals surface area contributed by atoms with E-state index in [1.54, 1.807) is 7.11 Å². The quantitative estimate of drug-likeness (QED) is 0.446. The molecule has 2 aromatic carbocycles. The van der Waals surface area contributed by atoms with Gasteiger partial charge in [0.15, 0.2) is 18.1 Å². The predicted molar refractivity (Wildman–Crippen MR) is 131 cm³/mol. The molecule has 0 N–H and O–H groups in total. The summed E-state index contributed by atoms with van der Waals surface area (Å²) in [6, 6.07) is 12.5. The van der Waals surface area contributed by atoms with Crippen LogP contribution in [0.2, 0.25) is 0 Å². The fourth-order valence-electron chi connectivity index (χ4n) is 4.17. The van der Waals surface area contributed by atoms with Gasteiger partial charge in [-0.2, -0.15) is 0 Å². The molecule has 1 saturated heterocycles. The van der Waals surface area contributed by atoms with Gasteiger partial charge >= 0.3 is 0 Å². The number of hydrogen-bond acceptors (Lipinski definition) is 5. The Morgan fingerprint density at radius 1 is 1.03 bits per heavy atom. The van der Waals surface area contributed by atoms with Crippen molar-refractivity contribution in [3.05, 3.63) is 59.4 Å². The summed E-state index contributed by atoms with van der Waals surface area (Å²) in [5, 5.41) is 0. The van der Waals surface area contributed by atoms with Crippen LogP contribution in [0.25, 0.3) is 0 Å². The fourth-order valence-corrected chi connectivity index (χ4v) is 4.17. The van der Waals surface area contributed by atoms with E-state index in [0.717, 1.165) is 43.7 Å². The Bertz CT molecular complexity index is 921. The maximum atomic E-state index is 13.2. The van der Waals surface area contributed by atoms with Gasteiger partial charge in [-0.1, -0.05) is 31.5 Å². The second kappa shape index (κ2) is 12.7. The van der Waals surface area contributed by atoms with Gasteiger partial charge < -0.3 is 19.1 Å². The van der Waals surface area contributed by atoms with Crippen LogP contribution in [0.5, 0.6) is 11.5 Å². The summed E-state index contributed by atoms with van der Waals surface area (Å²) < 4.78 is 30.2. The van der Waals surface area contributed by atoms with E-state index in [0.29, 0.717) is 24.7 Å². The van der Waals surface area contributed by atoms with E-state index in [2.05, 4.69) is 25.7 Å². The van der Waals surface area contributed by atoms with Gasteiger partial charge in [-0.3, -0.25) is 9.69 Å². The van der Waals surface area contributed by atoms with Crippen molar-refractivity contribution >= 4 is 5.91 Å². The van der Waals surface area contributed by atoms with Gasteiger partial charge in [0, 0.05) is 38.3 Å². The first-order valence-corrected chi connectivity index (χ1v) is 12.1. The van der Waals surface area contributed by atoms with E-state index in [4.69, 9.17) is 14.2 Å². The van der Waals surface area contributed by atoms with Gasteiger partial charge in [0.25, 0.3) is 5.91 Å². The number of hydrogen-bond donors (Lipinski definition) is 0. The summed E-state index contributed by atoms with van der Waals surface area (Å²) >= 11 is 0. The van der Waals surface area contributed by atoms with Gasteiger partial charge in [0.05, 0.1) is 13.7 Å². The molecule has 0 radical (unpaired) electrons. The van der Waals surface area contributed by atoms with Crippen LogP contribution >= 0.6 is 0 Å². The van der Waals surface area contributed by atoms with E-state index >= 15 is 0 Å². The highest BCUT2D eigenvalue weighted by Crippen LogP contribution is 2.29. The second-order valence-corrected chi connectivity index (χ2v) is 8.98. The number of piperazine rings is 1.